The molecule has 1 unspecified atom stereocenters. The molecule has 0 spiro atoms. The van der Waals surface area contributed by atoms with Crippen molar-refractivity contribution in [3.8, 4) is 0 Å². The van der Waals surface area contributed by atoms with E-state index in [1.807, 2.05) is 6.07 Å². The summed E-state index contributed by atoms with van der Waals surface area (Å²) in [5.41, 5.74) is 0.520. The molecule has 25 heavy (non-hydrogen) atoms. The van der Waals surface area contributed by atoms with Crippen LogP contribution in [0, 0.1) is 0 Å². The van der Waals surface area contributed by atoms with Gasteiger partial charge in [-0.3, -0.25) is 4.99 Å². The molecule has 7 nitrogen and oxygen atoms in total. The largest absolute Gasteiger partial charge is 0.373 e. The first kappa shape index (κ1) is 19.7. The number of guanidine groups is 1. The summed E-state index contributed by atoms with van der Waals surface area (Å²) in [6.45, 7) is 3.89. The highest BCUT2D eigenvalue weighted by Crippen LogP contribution is 2.23. The Balaban J connectivity index is 2.02. The van der Waals surface area contributed by atoms with E-state index in [9.17, 15) is 8.42 Å². The summed E-state index contributed by atoms with van der Waals surface area (Å²) < 4.78 is 31.9. The fourth-order valence-corrected chi connectivity index (χ4v) is 3.86. The van der Waals surface area contributed by atoms with E-state index in [0.29, 0.717) is 29.5 Å². The number of ether oxygens (including phenoxy) is 1. The van der Waals surface area contributed by atoms with Crippen molar-refractivity contribution >= 4 is 16.0 Å². The second-order valence-electron chi connectivity index (χ2n) is 6.58. The van der Waals surface area contributed by atoms with Crippen LogP contribution in [0.15, 0.2) is 34.2 Å². The van der Waals surface area contributed by atoms with Gasteiger partial charge in [0.25, 0.3) is 0 Å². The lowest BCUT2D eigenvalue weighted by Gasteiger charge is -2.25. The number of nitrogens with one attached hydrogen (secondary N) is 2. The summed E-state index contributed by atoms with van der Waals surface area (Å²) in [6, 6.07) is 6.98. The molecule has 1 heterocycles. The molecule has 0 radical (unpaired) electrons. The Bertz CT molecular complexity index is 710. The third kappa shape index (κ3) is 4.93. The minimum Gasteiger partial charge on any atom is -0.373 e. The first-order valence-corrected chi connectivity index (χ1v) is 9.81. The van der Waals surface area contributed by atoms with Gasteiger partial charge in [-0.05, 0) is 31.4 Å². The molecule has 1 aliphatic heterocycles. The number of sulfonamides is 1. The SMILES string of the molecule is CN=C(NCc1ccccc1S(=O)(=O)N(C)C)NCC1(C)CCCO1. The summed E-state index contributed by atoms with van der Waals surface area (Å²) in [4.78, 5) is 4.50. The van der Waals surface area contributed by atoms with Crippen molar-refractivity contribution in [2.45, 2.75) is 36.8 Å². The molecule has 8 heteroatoms. The number of hydrogen-bond donors (Lipinski definition) is 2. The fraction of sp³-hybridized carbons (Fsp3) is 0.588. The van der Waals surface area contributed by atoms with Gasteiger partial charge in [0.15, 0.2) is 5.96 Å². The lowest BCUT2D eigenvalue weighted by Crippen LogP contribution is -2.45. The van der Waals surface area contributed by atoms with Crippen molar-refractivity contribution in [1.82, 2.24) is 14.9 Å². The van der Waals surface area contributed by atoms with Gasteiger partial charge in [0.05, 0.1) is 10.5 Å². The number of aliphatic imine (C=N–C) groups is 1. The molecule has 0 amide bonds. The standard InChI is InChI=1S/C17H28N4O3S/c1-17(10-7-11-24-17)13-20-16(18-2)19-12-14-8-5-6-9-15(14)25(22,23)21(3)4/h5-6,8-9H,7,10-13H2,1-4H3,(H2,18,19,20). The first-order chi connectivity index (χ1) is 11.8. The predicted octanol–water partition coefficient (Wildman–Crippen LogP) is 1.17. The van der Waals surface area contributed by atoms with Crippen LogP contribution >= 0.6 is 0 Å². The molecule has 0 aliphatic carbocycles. The summed E-state index contributed by atoms with van der Waals surface area (Å²) in [6.07, 6.45) is 2.08. The number of benzene rings is 1. The Morgan fingerprint density at radius 3 is 2.64 bits per heavy atom. The van der Waals surface area contributed by atoms with Crippen molar-refractivity contribution in [2.24, 2.45) is 4.99 Å². The molecule has 140 valence electrons. The van der Waals surface area contributed by atoms with Crippen LogP contribution < -0.4 is 10.6 Å². The van der Waals surface area contributed by atoms with E-state index in [-0.39, 0.29) is 5.60 Å². The molecule has 0 bridgehead atoms. The molecule has 1 aromatic carbocycles. The summed E-state index contributed by atoms with van der Waals surface area (Å²) in [5.74, 6) is 0.619. The topological polar surface area (TPSA) is 83.0 Å². The van der Waals surface area contributed by atoms with Gasteiger partial charge in [-0.1, -0.05) is 18.2 Å². The maximum atomic E-state index is 12.4. The lowest BCUT2D eigenvalue weighted by molar-refractivity contribution is 0.0243. The van der Waals surface area contributed by atoms with E-state index in [2.05, 4.69) is 22.5 Å². The van der Waals surface area contributed by atoms with Crippen molar-refractivity contribution in [3.63, 3.8) is 0 Å². The molecule has 1 fully saturated rings. The Hall–Kier alpha value is -1.64. The highest BCUT2D eigenvalue weighted by atomic mass is 32.2. The van der Waals surface area contributed by atoms with Gasteiger partial charge in [-0.2, -0.15) is 0 Å². The summed E-state index contributed by atoms with van der Waals surface area (Å²) in [7, 11) is 1.27. The monoisotopic (exact) mass is 368 g/mol. The van der Waals surface area contributed by atoms with Gasteiger partial charge in [-0.25, -0.2) is 12.7 Å². The van der Waals surface area contributed by atoms with Crippen LogP contribution in [0.4, 0.5) is 0 Å². The Kier molecular flexibility index (Phi) is 6.42. The quantitative estimate of drug-likeness (QED) is 0.582. The van der Waals surface area contributed by atoms with Gasteiger partial charge >= 0.3 is 0 Å². The Morgan fingerprint density at radius 1 is 1.32 bits per heavy atom. The van der Waals surface area contributed by atoms with Crippen LogP contribution in [0.25, 0.3) is 0 Å². The van der Waals surface area contributed by atoms with Crippen LogP contribution in [0.3, 0.4) is 0 Å². The maximum Gasteiger partial charge on any atom is 0.242 e. The Morgan fingerprint density at radius 2 is 2.04 bits per heavy atom. The van der Waals surface area contributed by atoms with Crippen LogP contribution in [-0.2, 0) is 21.3 Å². The summed E-state index contributed by atoms with van der Waals surface area (Å²) in [5, 5.41) is 6.44. The van der Waals surface area contributed by atoms with Crippen LogP contribution in [0.2, 0.25) is 0 Å². The van der Waals surface area contributed by atoms with E-state index in [4.69, 9.17) is 4.74 Å². The molecule has 0 aromatic heterocycles. The lowest BCUT2D eigenvalue weighted by atomic mass is 10.0. The van der Waals surface area contributed by atoms with Gasteiger partial charge in [-0.15, -0.1) is 0 Å². The van der Waals surface area contributed by atoms with E-state index in [1.165, 1.54) is 18.4 Å². The molecule has 0 saturated carbocycles. The van der Waals surface area contributed by atoms with E-state index >= 15 is 0 Å². The first-order valence-electron chi connectivity index (χ1n) is 8.37. The molecule has 1 aromatic rings. The molecular formula is C17H28N4O3S. The van der Waals surface area contributed by atoms with Crippen LogP contribution in [0.5, 0.6) is 0 Å². The van der Waals surface area contributed by atoms with Gasteiger partial charge < -0.3 is 15.4 Å². The summed E-state index contributed by atoms with van der Waals surface area (Å²) >= 11 is 0. The highest BCUT2D eigenvalue weighted by Gasteiger charge is 2.29. The van der Waals surface area contributed by atoms with E-state index in [1.54, 1.807) is 25.2 Å². The van der Waals surface area contributed by atoms with Crippen LogP contribution in [0.1, 0.15) is 25.3 Å². The van der Waals surface area contributed by atoms with Crippen molar-refractivity contribution in [2.75, 3.05) is 34.3 Å². The number of nitrogens with zero attached hydrogens (tertiary/aromatic N) is 2. The van der Waals surface area contributed by atoms with Crippen molar-refractivity contribution in [3.05, 3.63) is 29.8 Å². The molecule has 1 atom stereocenters. The zero-order chi connectivity index (χ0) is 18.5. The molecule has 2 N–H and O–H groups in total. The van der Waals surface area contributed by atoms with Crippen molar-refractivity contribution in [1.29, 1.82) is 0 Å². The third-order valence-electron chi connectivity index (χ3n) is 4.33. The van der Waals surface area contributed by atoms with E-state index < -0.39 is 10.0 Å². The third-order valence-corrected chi connectivity index (χ3v) is 6.25. The number of hydrogen-bond acceptors (Lipinski definition) is 4. The smallest absolute Gasteiger partial charge is 0.242 e. The second-order valence-corrected chi connectivity index (χ2v) is 8.70. The normalized spacial score (nSPS) is 21.6. The van der Waals surface area contributed by atoms with E-state index in [0.717, 1.165) is 19.4 Å². The average Bonchev–Trinajstić information content (AvgIpc) is 3.02. The minimum atomic E-state index is -3.48. The zero-order valence-corrected chi connectivity index (χ0v) is 16.2. The average molecular weight is 369 g/mol. The van der Waals surface area contributed by atoms with Crippen molar-refractivity contribution < 1.29 is 13.2 Å². The fourth-order valence-electron chi connectivity index (χ4n) is 2.74. The van der Waals surface area contributed by atoms with Crippen LogP contribution in [-0.4, -0.2) is 58.6 Å². The number of rotatable bonds is 6. The highest BCUT2D eigenvalue weighted by molar-refractivity contribution is 7.89. The minimum absolute atomic E-state index is 0.177. The Labute approximate surface area is 150 Å². The molecule has 1 aliphatic rings. The second kappa shape index (κ2) is 8.16. The van der Waals surface area contributed by atoms with Gasteiger partial charge in [0, 0.05) is 40.8 Å². The predicted molar refractivity (Wildman–Crippen MR) is 99.1 cm³/mol. The zero-order valence-electron chi connectivity index (χ0n) is 15.4. The molecule has 1 saturated heterocycles. The maximum absolute atomic E-state index is 12.4. The molecule has 2 rings (SSSR count). The van der Waals surface area contributed by atoms with Gasteiger partial charge in [0.1, 0.15) is 0 Å². The molecular weight excluding hydrogens is 340 g/mol. The van der Waals surface area contributed by atoms with Gasteiger partial charge in [0.2, 0.25) is 10.0 Å².